The van der Waals surface area contributed by atoms with Gasteiger partial charge in [0.2, 0.25) is 0 Å². The summed E-state index contributed by atoms with van der Waals surface area (Å²) < 4.78 is 13.8. The van der Waals surface area contributed by atoms with Gasteiger partial charge in [-0.1, -0.05) is 12.1 Å². The number of likely N-dealkylation sites (tertiary alicyclic amines) is 1. The van der Waals surface area contributed by atoms with E-state index in [2.05, 4.69) is 17.9 Å². The highest BCUT2D eigenvalue weighted by Gasteiger charge is 2.32. The first kappa shape index (κ1) is 13.1. The van der Waals surface area contributed by atoms with E-state index in [1.165, 1.54) is 18.4 Å². The van der Waals surface area contributed by atoms with Crippen LogP contribution in [0.15, 0.2) is 18.2 Å². The predicted octanol–water partition coefficient (Wildman–Crippen LogP) is 2.87. The van der Waals surface area contributed by atoms with Gasteiger partial charge in [-0.3, -0.25) is 4.90 Å². The van der Waals surface area contributed by atoms with Gasteiger partial charge in [0.25, 0.3) is 0 Å². The number of halogens is 1. The second-order valence-corrected chi connectivity index (χ2v) is 6.09. The summed E-state index contributed by atoms with van der Waals surface area (Å²) in [4.78, 5) is 2.53. The molecule has 0 radical (unpaired) electrons. The topological polar surface area (TPSA) is 29.3 Å². The molecule has 1 fully saturated rings. The van der Waals surface area contributed by atoms with Crippen molar-refractivity contribution in [2.24, 2.45) is 11.7 Å². The number of benzene rings is 1. The van der Waals surface area contributed by atoms with Gasteiger partial charge in [0.05, 0.1) is 0 Å². The molecule has 0 aromatic heterocycles. The van der Waals surface area contributed by atoms with Crippen LogP contribution in [-0.2, 0) is 6.42 Å². The molecule has 1 aromatic rings. The van der Waals surface area contributed by atoms with Crippen LogP contribution in [0.25, 0.3) is 0 Å². The number of hydrogen-bond donors (Lipinski definition) is 1. The van der Waals surface area contributed by atoms with Crippen LogP contribution < -0.4 is 5.73 Å². The number of piperidine rings is 1. The smallest absolute Gasteiger partial charge is 0.126 e. The lowest BCUT2D eigenvalue weighted by Gasteiger charge is -2.37. The second kappa shape index (κ2) is 5.22. The van der Waals surface area contributed by atoms with Crippen LogP contribution >= 0.6 is 0 Å². The van der Waals surface area contributed by atoms with E-state index in [0.717, 1.165) is 31.5 Å². The number of nitrogens with zero attached hydrogens (tertiary/aromatic N) is 1. The average Bonchev–Trinajstić information content (AvgIpc) is 2.84. The van der Waals surface area contributed by atoms with Crippen molar-refractivity contribution in [3.8, 4) is 0 Å². The number of nitrogens with two attached hydrogens (primary N) is 1. The van der Waals surface area contributed by atoms with Crippen LogP contribution in [0.3, 0.4) is 0 Å². The van der Waals surface area contributed by atoms with E-state index >= 15 is 0 Å². The molecule has 1 aromatic carbocycles. The van der Waals surface area contributed by atoms with Crippen LogP contribution in [-0.4, -0.2) is 24.0 Å². The summed E-state index contributed by atoms with van der Waals surface area (Å²) in [6, 6.07) is 6.27. The fourth-order valence-electron chi connectivity index (χ4n) is 3.72. The molecule has 2 unspecified atom stereocenters. The normalized spacial score (nSPS) is 26.4. The minimum atomic E-state index is -0.0227. The van der Waals surface area contributed by atoms with Gasteiger partial charge in [-0.05, 0) is 68.8 Å². The van der Waals surface area contributed by atoms with Crippen LogP contribution in [0.5, 0.6) is 0 Å². The molecule has 3 heteroatoms. The first-order valence-corrected chi connectivity index (χ1v) is 7.43. The summed E-state index contributed by atoms with van der Waals surface area (Å²) in [6.45, 7) is 4.32. The Labute approximate surface area is 114 Å². The standard InChI is InChI=1S/C16H23FN2/c1-11(18)12-7-9-19(10-8-12)16-6-5-13-14(16)3-2-4-15(13)17/h2-4,11-12,16H,5-10,18H2,1H3. The van der Waals surface area contributed by atoms with Crippen molar-refractivity contribution < 1.29 is 4.39 Å². The summed E-state index contributed by atoms with van der Waals surface area (Å²) in [6.07, 6.45) is 4.32. The lowest BCUT2D eigenvalue weighted by Crippen LogP contribution is -2.40. The highest BCUT2D eigenvalue weighted by Crippen LogP contribution is 2.38. The van der Waals surface area contributed by atoms with Gasteiger partial charge in [-0.2, -0.15) is 0 Å². The molecule has 0 bridgehead atoms. The fraction of sp³-hybridized carbons (Fsp3) is 0.625. The zero-order valence-electron chi connectivity index (χ0n) is 11.6. The molecular formula is C16H23FN2. The van der Waals surface area contributed by atoms with E-state index in [1.54, 1.807) is 6.07 Å². The molecule has 2 nitrogen and oxygen atoms in total. The first-order valence-electron chi connectivity index (χ1n) is 7.43. The molecule has 19 heavy (non-hydrogen) atoms. The molecule has 3 rings (SSSR count). The maximum absolute atomic E-state index is 13.8. The minimum Gasteiger partial charge on any atom is -0.328 e. The second-order valence-electron chi connectivity index (χ2n) is 6.09. The number of rotatable bonds is 2. The van der Waals surface area contributed by atoms with E-state index in [0.29, 0.717) is 18.0 Å². The molecule has 2 atom stereocenters. The maximum atomic E-state index is 13.8. The molecule has 2 aliphatic rings. The third-order valence-corrected chi connectivity index (χ3v) is 4.94. The van der Waals surface area contributed by atoms with Crippen LogP contribution in [0.4, 0.5) is 4.39 Å². The Balaban J connectivity index is 1.72. The van der Waals surface area contributed by atoms with E-state index in [1.807, 2.05) is 6.07 Å². The minimum absolute atomic E-state index is 0.0227. The number of fused-ring (bicyclic) bond motifs is 1. The zero-order valence-corrected chi connectivity index (χ0v) is 11.6. The Morgan fingerprint density at radius 1 is 1.26 bits per heavy atom. The van der Waals surface area contributed by atoms with Crippen molar-refractivity contribution in [3.05, 3.63) is 35.1 Å². The highest BCUT2D eigenvalue weighted by molar-refractivity contribution is 5.35. The molecule has 0 spiro atoms. The molecule has 0 saturated carbocycles. The molecule has 2 N–H and O–H groups in total. The van der Waals surface area contributed by atoms with E-state index in [4.69, 9.17) is 5.73 Å². The van der Waals surface area contributed by atoms with Crippen LogP contribution in [0, 0.1) is 11.7 Å². The Morgan fingerprint density at radius 3 is 2.68 bits per heavy atom. The quantitative estimate of drug-likeness (QED) is 0.888. The van der Waals surface area contributed by atoms with Crippen LogP contribution in [0.1, 0.15) is 43.4 Å². The molecule has 1 heterocycles. The molecule has 104 valence electrons. The van der Waals surface area contributed by atoms with E-state index in [-0.39, 0.29) is 5.82 Å². The van der Waals surface area contributed by atoms with E-state index < -0.39 is 0 Å². The third kappa shape index (κ3) is 2.41. The molecule has 1 saturated heterocycles. The van der Waals surface area contributed by atoms with E-state index in [9.17, 15) is 4.39 Å². The molecule has 0 amide bonds. The summed E-state index contributed by atoms with van der Waals surface area (Å²) in [5, 5.41) is 0. The predicted molar refractivity (Wildman–Crippen MR) is 75.4 cm³/mol. The molecule has 1 aliphatic carbocycles. The first-order chi connectivity index (χ1) is 9.16. The molecular weight excluding hydrogens is 239 g/mol. The summed E-state index contributed by atoms with van der Waals surface area (Å²) in [5.74, 6) is 0.634. The van der Waals surface area contributed by atoms with Crippen molar-refractivity contribution >= 4 is 0 Å². The highest BCUT2D eigenvalue weighted by atomic mass is 19.1. The zero-order chi connectivity index (χ0) is 13.4. The van der Waals surface area contributed by atoms with Crippen molar-refractivity contribution in [3.63, 3.8) is 0 Å². The third-order valence-electron chi connectivity index (χ3n) is 4.94. The van der Waals surface area contributed by atoms with Crippen molar-refractivity contribution in [1.29, 1.82) is 0 Å². The Kier molecular flexibility index (Phi) is 3.59. The molecule has 1 aliphatic heterocycles. The largest absolute Gasteiger partial charge is 0.328 e. The Bertz CT molecular complexity index is 450. The van der Waals surface area contributed by atoms with Gasteiger partial charge in [-0.15, -0.1) is 0 Å². The summed E-state index contributed by atoms with van der Waals surface area (Å²) in [5.41, 5.74) is 8.16. The Morgan fingerprint density at radius 2 is 2.00 bits per heavy atom. The van der Waals surface area contributed by atoms with Gasteiger partial charge in [0, 0.05) is 12.1 Å². The Hall–Kier alpha value is -0.930. The lowest BCUT2D eigenvalue weighted by molar-refractivity contribution is 0.124. The van der Waals surface area contributed by atoms with Crippen LogP contribution in [0.2, 0.25) is 0 Å². The van der Waals surface area contributed by atoms with Crippen molar-refractivity contribution in [2.45, 2.75) is 44.7 Å². The van der Waals surface area contributed by atoms with Crippen molar-refractivity contribution in [1.82, 2.24) is 4.90 Å². The van der Waals surface area contributed by atoms with Gasteiger partial charge in [0.1, 0.15) is 5.82 Å². The van der Waals surface area contributed by atoms with Gasteiger partial charge in [-0.25, -0.2) is 4.39 Å². The monoisotopic (exact) mass is 262 g/mol. The summed E-state index contributed by atoms with van der Waals surface area (Å²) >= 11 is 0. The maximum Gasteiger partial charge on any atom is 0.126 e. The summed E-state index contributed by atoms with van der Waals surface area (Å²) in [7, 11) is 0. The van der Waals surface area contributed by atoms with Crippen molar-refractivity contribution in [2.75, 3.05) is 13.1 Å². The SMILES string of the molecule is CC(N)C1CCN(C2CCc3c(F)cccc32)CC1. The average molecular weight is 262 g/mol. The number of hydrogen-bond acceptors (Lipinski definition) is 2. The van der Waals surface area contributed by atoms with Gasteiger partial charge in [0.15, 0.2) is 0 Å². The lowest BCUT2D eigenvalue weighted by atomic mass is 9.89. The fourth-order valence-corrected chi connectivity index (χ4v) is 3.72. The van der Waals surface area contributed by atoms with Gasteiger partial charge >= 0.3 is 0 Å². The van der Waals surface area contributed by atoms with Gasteiger partial charge < -0.3 is 5.73 Å².